The van der Waals surface area contributed by atoms with E-state index < -0.39 is 23.4 Å². The molecule has 32 heavy (non-hydrogen) atoms. The van der Waals surface area contributed by atoms with E-state index in [1.165, 1.54) is 0 Å². The Kier molecular flexibility index (Phi) is 5.78. The van der Waals surface area contributed by atoms with Crippen LogP contribution in [-0.4, -0.2) is 48.5 Å². The molecule has 2 heterocycles. The number of hydrogen-bond donors (Lipinski definition) is 2. The minimum absolute atomic E-state index is 0.199. The van der Waals surface area contributed by atoms with Crippen LogP contribution in [-0.2, 0) is 15.1 Å². The molecule has 168 valence electrons. The monoisotopic (exact) mass is 437 g/mol. The van der Waals surface area contributed by atoms with Gasteiger partial charge >= 0.3 is 6.03 Å². The fraction of sp³-hybridized carbons (Fsp3) is 0.375. The van der Waals surface area contributed by atoms with E-state index in [9.17, 15) is 14.4 Å². The Morgan fingerprint density at radius 2 is 1.84 bits per heavy atom. The lowest BCUT2D eigenvalue weighted by Crippen LogP contribution is -2.46. The highest BCUT2D eigenvalue weighted by Gasteiger charge is 2.49. The Morgan fingerprint density at radius 1 is 1.16 bits per heavy atom. The van der Waals surface area contributed by atoms with Gasteiger partial charge in [-0.3, -0.25) is 14.5 Å². The quantitative estimate of drug-likeness (QED) is 0.677. The average Bonchev–Trinajstić information content (AvgIpc) is 3.01. The zero-order chi connectivity index (χ0) is 22.9. The van der Waals surface area contributed by atoms with Gasteiger partial charge in [0, 0.05) is 0 Å². The molecule has 8 nitrogen and oxygen atoms in total. The molecule has 0 saturated carbocycles. The van der Waals surface area contributed by atoms with Crippen LogP contribution >= 0.6 is 0 Å². The van der Waals surface area contributed by atoms with E-state index in [0.717, 1.165) is 10.5 Å². The number of amides is 4. The molecule has 0 unspecified atom stereocenters. The van der Waals surface area contributed by atoms with Crippen LogP contribution < -0.4 is 20.1 Å². The fourth-order valence-electron chi connectivity index (χ4n) is 3.83. The molecular weight excluding hydrogens is 410 g/mol. The number of para-hydroxylation sites is 2. The fourth-order valence-corrected chi connectivity index (χ4v) is 3.83. The van der Waals surface area contributed by atoms with Gasteiger partial charge in [0.25, 0.3) is 5.91 Å². The Hall–Kier alpha value is -3.55. The lowest BCUT2D eigenvalue weighted by Gasteiger charge is -2.26. The van der Waals surface area contributed by atoms with Crippen molar-refractivity contribution in [3.05, 3.63) is 59.7 Å². The number of nitrogens with zero attached hydrogens (tertiary/aromatic N) is 1. The summed E-state index contributed by atoms with van der Waals surface area (Å²) in [5, 5.41) is 5.45. The smallest absolute Gasteiger partial charge is 0.325 e. The van der Waals surface area contributed by atoms with Crippen LogP contribution in [0.4, 0.5) is 4.79 Å². The highest BCUT2D eigenvalue weighted by Crippen LogP contribution is 2.31. The van der Waals surface area contributed by atoms with Gasteiger partial charge < -0.3 is 20.1 Å². The molecule has 1 saturated heterocycles. The molecular formula is C24H27N3O5. The number of imide groups is 1. The van der Waals surface area contributed by atoms with Crippen molar-refractivity contribution in [3.63, 3.8) is 0 Å². The molecule has 2 N–H and O–H groups in total. The normalized spacial score (nSPS) is 22.1. The molecule has 2 aromatic rings. The molecule has 2 aliphatic rings. The number of carbonyl (C=O) groups excluding carboxylic acids is 3. The molecule has 1 fully saturated rings. The van der Waals surface area contributed by atoms with Crippen LogP contribution in [0.1, 0.15) is 37.8 Å². The maximum Gasteiger partial charge on any atom is 0.325 e. The first-order valence-corrected chi connectivity index (χ1v) is 10.7. The highest BCUT2D eigenvalue weighted by atomic mass is 16.6. The predicted octanol–water partition coefficient (Wildman–Crippen LogP) is 2.53. The Balaban J connectivity index is 1.35. The second kappa shape index (κ2) is 8.53. The standard InChI is InChI=1S/C24H27N3O5/c1-15(2)16-8-10-17(11-9-16)24(3)22(29)27(23(30)26-24)13-21(28)25-12-18-14-31-19-6-4-5-7-20(19)32-18/h4-11,15,18H,12-14H2,1-3H3,(H,25,28)(H,26,30)/t18-,24-/m0/s1. The molecule has 8 heteroatoms. The van der Waals surface area contributed by atoms with E-state index in [1.54, 1.807) is 13.0 Å². The second-order valence-corrected chi connectivity index (χ2v) is 8.52. The summed E-state index contributed by atoms with van der Waals surface area (Å²) in [4.78, 5) is 39.0. The number of ether oxygens (including phenoxy) is 2. The molecule has 0 aromatic heterocycles. The molecule has 2 aliphatic heterocycles. The van der Waals surface area contributed by atoms with Gasteiger partial charge in [0.15, 0.2) is 11.5 Å². The van der Waals surface area contributed by atoms with E-state index in [-0.39, 0.29) is 19.2 Å². The van der Waals surface area contributed by atoms with Crippen molar-refractivity contribution in [2.24, 2.45) is 0 Å². The zero-order valence-corrected chi connectivity index (χ0v) is 18.4. The van der Waals surface area contributed by atoms with Crippen molar-refractivity contribution in [2.45, 2.75) is 38.3 Å². The highest BCUT2D eigenvalue weighted by molar-refractivity contribution is 6.09. The third-order valence-corrected chi connectivity index (χ3v) is 5.83. The maximum absolute atomic E-state index is 13.1. The Bertz CT molecular complexity index is 1040. The molecule has 0 bridgehead atoms. The van der Waals surface area contributed by atoms with Crippen molar-refractivity contribution < 1.29 is 23.9 Å². The van der Waals surface area contributed by atoms with Crippen molar-refractivity contribution in [3.8, 4) is 11.5 Å². The third-order valence-electron chi connectivity index (χ3n) is 5.83. The molecule has 0 aliphatic carbocycles. The van der Waals surface area contributed by atoms with Gasteiger partial charge in [0.1, 0.15) is 24.8 Å². The van der Waals surface area contributed by atoms with Crippen LogP contribution in [0.25, 0.3) is 0 Å². The lowest BCUT2D eigenvalue weighted by molar-refractivity contribution is -0.134. The summed E-state index contributed by atoms with van der Waals surface area (Å²) in [6.45, 7) is 5.95. The van der Waals surface area contributed by atoms with Crippen LogP contribution in [0.2, 0.25) is 0 Å². The van der Waals surface area contributed by atoms with Gasteiger partial charge in [-0.15, -0.1) is 0 Å². The number of rotatable bonds is 6. The Labute approximate surface area is 186 Å². The van der Waals surface area contributed by atoms with E-state index >= 15 is 0 Å². The number of fused-ring (bicyclic) bond motifs is 1. The molecule has 4 amide bonds. The number of urea groups is 1. The van der Waals surface area contributed by atoms with Crippen molar-refractivity contribution in [1.82, 2.24) is 15.5 Å². The summed E-state index contributed by atoms with van der Waals surface area (Å²) >= 11 is 0. The Morgan fingerprint density at radius 3 is 2.53 bits per heavy atom. The number of nitrogens with one attached hydrogen (secondary N) is 2. The summed E-state index contributed by atoms with van der Waals surface area (Å²) in [5.41, 5.74) is 0.605. The van der Waals surface area contributed by atoms with Gasteiger partial charge in [0.2, 0.25) is 5.91 Å². The minimum atomic E-state index is -1.21. The van der Waals surface area contributed by atoms with E-state index in [0.29, 0.717) is 29.6 Å². The summed E-state index contributed by atoms with van der Waals surface area (Å²) in [7, 11) is 0. The summed E-state index contributed by atoms with van der Waals surface area (Å²) in [6, 6.07) is 14.3. The summed E-state index contributed by atoms with van der Waals surface area (Å²) < 4.78 is 11.4. The van der Waals surface area contributed by atoms with Crippen LogP contribution in [0.5, 0.6) is 11.5 Å². The molecule has 2 atom stereocenters. The van der Waals surface area contributed by atoms with E-state index in [1.807, 2.05) is 42.5 Å². The van der Waals surface area contributed by atoms with Crippen LogP contribution in [0.3, 0.4) is 0 Å². The van der Waals surface area contributed by atoms with Crippen molar-refractivity contribution in [1.29, 1.82) is 0 Å². The van der Waals surface area contributed by atoms with Gasteiger partial charge in [-0.25, -0.2) is 4.79 Å². The summed E-state index contributed by atoms with van der Waals surface area (Å²) in [5.74, 6) is 0.732. The third kappa shape index (κ3) is 4.12. The van der Waals surface area contributed by atoms with Crippen LogP contribution in [0.15, 0.2) is 48.5 Å². The summed E-state index contributed by atoms with van der Waals surface area (Å²) in [6.07, 6.45) is -0.360. The minimum Gasteiger partial charge on any atom is -0.486 e. The van der Waals surface area contributed by atoms with Crippen molar-refractivity contribution in [2.75, 3.05) is 19.7 Å². The SMILES string of the molecule is CC(C)c1ccc([C@]2(C)NC(=O)N(CC(=O)NC[C@H]3COc4ccccc4O3)C2=O)cc1. The number of hydrogen-bond acceptors (Lipinski definition) is 5. The number of benzene rings is 2. The lowest BCUT2D eigenvalue weighted by atomic mass is 9.90. The average molecular weight is 437 g/mol. The molecule has 0 radical (unpaired) electrons. The van der Waals surface area contributed by atoms with Gasteiger partial charge in [-0.2, -0.15) is 0 Å². The van der Waals surface area contributed by atoms with Crippen molar-refractivity contribution >= 4 is 17.8 Å². The molecule has 4 rings (SSSR count). The van der Waals surface area contributed by atoms with Gasteiger partial charge in [-0.05, 0) is 36.1 Å². The molecule has 0 spiro atoms. The predicted molar refractivity (Wildman–Crippen MR) is 117 cm³/mol. The zero-order valence-electron chi connectivity index (χ0n) is 18.4. The van der Waals surface area contributed by atoms with Crippen LogP contribution in [0, 0.1) is 0 Å². The second-order valence-electron chi connectivity index (χ2n) is 8.52. The van der Waals surface area contributed by atoms with E-state index in [2.05, 4.69) is 24.5 Å². The molecule has 2 aromatic carbocycles. The van der Waals surface area contributed by atoms with Gasteiger partial charge in [0.05, 0.1) is 6.54 Å². The topological polar surface area (TPSA) is 97.0 Å². The van der Waals surface area contributed by atoms with Gasteiger partial charge in [-0.1, -0.05) is 50.2 Å². The number of carbonyl (C=O) groups is 3. The maximum atomic E-state index is 13.1. The van der Waals surface area contributed by atoms with E-state index in [4.69, 9.17) is 9.47 Å². The largest absolute Gasteiger partial charge is 0.486 e. The first kappa shape index (κ1) is 21.7. The first-order valence-electron chi connectivity index (χ1n) is 10.7. The first-order chi connectivity index (χ1) is 15.3.